The molecule has 0 aromatic carbocycles. The molecule has 2 heteroatoms. The van der Waals surface area contributed by atoms with Gasteiger partial charge in [-0.05, 0) is 18.8 Å². The van der Waals surface area contributed by atoms with Gasteiger partial charge in [0.2, 0.25) is 0 Å². The van der Waals surface area contributed by atoms with Gasteiger partial charge in [-0.2, -0.15) is 0 Å². The fraction of sp³-hybridized carbons (Fsp3) is 1.00. The highest BCUT2D eigenvalue weighted by molar-refractivity contribution is 4.83. The maximum atomic E-state index is 4.33. The largest absolute Gasteiger partial charge is 0.299 e. The molecule has 1 aliphatic heterocycles. The third-order valence-corrected chi connectivity index (χ3v) is 3.01. The average molecular weight is 153 g/mol. The van der Waals surface area contributed by atoms with Crippen LogP contribution in [0.1, 0.15) is 32.1 Å². The minimum atomic E-state index is 0.732. The molecule has 2 aliphatic rings. The zero-order chi connectivity index (χ0) is 7.52. The Hall–Kier alpha value is -0.0800. The van der Waals surface area contributed by atoms with Crippen molar-refractivity contribution < 1.29 is 0 Å². The van der Waals surface area contributed by atoms with Gasteiger partial charge in [0.05, 0.1) is 6.67 Å². The first-order valence-corrected chi connectivity index (χ1v) is 4.83. The number of hydrogen-bond acceptors (Lipinski definition) is 1. The molecule has 1 saturated carbocycles. The van der Waals surface area contributed by atoms with E-state index in [0.29, 0.717) is 0 Å². The first kappa shape index (κ1) is 7.56. The monoisotopic (exact) mass is 153 g/mol. The summed E-state index contributed by atoms with van der Waals surface area (Å²) in [6.07, 6.45) is 7.23. The summed E-state index contributed by atoms with van der Waals surface area (Å²) in [5.74, 6) is 0.940. The maximum Gasteiger partial charge on any atom is 0.0627 e. The van der Waals surface area contributed by atoms with Crippen molar-refractivity contribution in [3.63, 3.8) is 0 Å². The van der Waals surface area contributed by atoms with Crippen LogP contribution in [-0.4, -0.2) is 19.3 Å². The van der Waals surface area contributed by atoms with E-state index in [0.717, 1.165) is 25.2 Å². The van der Waals surface area contributed by atoms with Gasteiger partial charge < -0.3 is 0 Å². The lowest BCUT2D eigenvalue weighted by atomic mass is 9.84. The molecule has 1 atom stereocenters. The van der Waals surface area contributed by atoms with E-state index in [-0.39, 0.29) is 0 Å². The molecule has 1 heterocycles. The Labute approximate surface area is 68.7 Å². The van der Waals surface area contributed by atoms with Crippen LogP contribution in [0.5, 0.6) is 0 Å². The van der Waals surface area contributed by atoms with Crippen molar-refractivity contribution in [3.05, 3.63) is 0 Å². The van der Waals surface area contributed by atoms with Crippen molar-refractivity contribution in [3.8, 4) is 0 Å². The zero-order valence-electron chi connectivity index (χ0n) is 7.05. The molecule has 1 unspecified atom stereocenters. The van der Waals surface area contributed by atoms with Gasteiger partial charge in [0.25, 0.3) is 0 Å². The van der Waals surface area contributed by atoms with E-state index < -0.39 is 0 Å². The molecule has 0 aromatic rings. The van der Waals surface area contributed by atoms with E-state index in [1.54, 1.807) is 0 Å². The highest BCUT2D eigenvalue weighted by Crippen LogP contribution is 2.26. The zero-order valence-corrected chi connectivity index (χ0v) is 7.05. The Balaban J connectivity index is 1.82. The lowest BCUT2D eigenvalue weighted by Crippen LogP contribution is -2.33. The number of rotatable bonds is 1. The average Bonchev–Trinajstić information content (AvgIpc) is 2.58. The fourth-order valence-corrected chi connectivity index (χ4v) is 2.30. The summed E-state index contributed by atoms with van der Waals surface area (Å²) in [5, 5.41) is 7.79. The van der Waals surface area contributed by atoms with Crippen LogP contribution in [0.25, 0.3) is 0 Å². The van der Waals surface area contributed by atoms with Crippen molar-refractivity contribution in [1.29, 1.82) is 0 Å². The number of nitrogens with zero attached hydrogens (tertiary/aromatic N) is 1. The van der Waals surface area contributed by atoms with Gasteiger partial charge in [0.1, 0.15) is 0 Å². The molecule has 1 N–H and O–H groups in total. The molecule has 11 heavy (non-hydrogen) atoms. The second-order valence-electron chi connectivity index (χ2n) is 3.77. The van der Waals surface area contributed by atoms with E-state index in [1.807, 2.05) is 0 Å². The van der Waals surface area contributed by atoms with E-state index >= 15 is 0 Å². The minimum Gasteiger partial charge on any atom is -0.299 e. The summed E-state index contributed by atoms with van der Waals surface area (Å²) >= 11 is 0. The Bertz CT molecular complexity index is 113. The van der Waals surface area contributed by atoms with Crippen molar-refractivity contribution >= 4 is 0 Å². The summed E-state index contributed by atoms with van der Waals surface area (Å²) < 4.78 is 0. The Kier molecular flexibility index (Phi) is 2.44. The highest BCUT2D eigenvalue weighted by atomic mass is 15.2. The summed E-state index contributed by atoms with van der Waals surface area (Å²) in [7, 11) is 0. The summed E-state index contributed by atoms with van der Waals surface area (Å²) in [5.41, 5.74) is 0. The van der Waals surface area contributed by atoms with Crippen LogP contribution in [-0.2, 0) is 0 Å². The third-order valence-electron chi connectivity index (χ3n) is 3.01. The SMILES string of the molecule is C1CCC(C2C[N]CN2)CC1. The van der Waals surface area contributed by atoms with E-state index in [9.17, 15) is 0 Å². The molecule has 2 nitrogen and oxygen atoms in total. The molecule has 2 rings (SSSR count). The molecular formula is C9H17N2. The second kappa shape index (κ2) is 3.55. The number of nitrogens with one attached hydrogen (secondary N) is 1. The summed E-state index contributed by atoms with van der Waals surface area (Å²) in [4.78, 5) is 0. The van der Waals surface area contributed by atoms with Crippen molar-refractivity contribution in [1.82, 2.24) is 10.6 Å². The molecule has 1 saturated heterocycles. The first-order valence-electron chi connectivity index (χ1n) is 4.83. The smallest absolute Gasteiger partial charge is 0.0627 e. The first-order chi connectivity index (χ1) is 5.47. The van der Waals surface area contributed by atoms with E-state index in [2.05, 4.69) is 10.6 Å². The fourth-order valence-electron chi connectivity index (χ4n) is 2.30. The van der Waals surface area contributed by atoms with Crippen molar-refractivity contribution in [2.45, 2.75) is 38.1 Å². The van der Waals surface area contributed by atoms with E-state index in [1.165, 1.54) is 32.1 Å². The van der Waals surface area contributed by atoms with Crippen LogP contribution < -0.4 is 10.6 Å². The van der Waals surface area contributed by atoms with Gasteiger partial charge in [-0.25, -0.2) is 5.32 Å². The standard InChI is InChI=1S/C9H17N2/c1-2-4-8(5-3-1)9-6-10-7-11-9/h8-9,11H,1-7H2. The lowest BCUT2D eigenvalue weighted by Gasteiger charge is -2.26. The maximum absolute atomic E-state index is 4.33. The van der Waals surface area contributed by atoms with Gasteiger partial charge in [-0.15, -0.1) is 0 Å². The molecule has 1 aliphatic carbocycles. The van der Waals surface area contributed by atoms with Crippen LogP contribution in [0.15, 0.2) is 0 Å². The molecule has 0 bridgehead atoms. The molecule has 0 aromatic heterocycles. The van der Waals surface area contributed by atoms with Crippen LogP contribution in [0.3, 0.4) is 0 Å². The van der Waals surface area contributed by atoms with Gasteiger partial charge >= 0.3 is 0 Å². The predicted molar refractivity (Wildman–Crippen MR) is 45.4 cm³/mol. The van der Waals surface area contributed by atoms with Crippen molar-refractivity contribution in [2.75, 3.05) is 13.2 Å². The van der Waals surface area contributed by atoms with Crippen LogP contribution in [0.4, 0.5) is 0 Å². The molecule has 2 fully saturated rings. The van der Waals surface area contributed by atoms with Crippen LogP contribution in [0, 0.1) is 5.92 Å². The molecule has 63 valence electrons. The molecule has 0 spiro atoms. The lowest BCUT2D eigenvalue weighted by molar-refractivity contribution is 0.296. The van der Waals surface area contributed by atoms with E-state index in [4.69, 9.17) is 0 Å². The second-order valence-corrected chi connectivity index (χ2v) is 3.77. The molecule has 0 amide bonds. The van der Waals surface area contributed by atoms with Gasteiger partial charge in [0.15, 0.2) is 0 Å². The topological polar surface area (TPSA) is 26.1 Å². The van der Waals surface area contributed by atoms with Gasteiger partial charge in [-0.1, -0.05) is 19.3 Å². The molecular weight excluding hydrogens is 136 g/mol. The van der Waals surface area contributed by atoms with Crippen LogP contribution >= 0.6 is 0 Å². The number of hydrogen-bond donors (Lipinski definition) is 1. The Morgan fingerprint density at radius 3 is 2.55 bits per heavy atom. The Morgan fingerprint density at radius 1 is 1.09 bits per heavy atom. The normalized spacial score (nSPS) is 34.4. The van der Waals surface area contributed by atoms with Crippen molar-refractivity contribution in [2.24, 2.45) is 5.92 Å². The highest BCUT2D eigenvalue weighted by Gasteiger charge is 2.25. The minimum absolute atomic E-state index is 0.732. The third kappa shape index (κ3) is 1.74. The molecule has 1 radical (unpaired) electrons. The predicted octanol–water partition coefficient (Wildman–Crippen LogP) is 1.10. The van der Waals surface area contributed by atoms with Gasteiger partial charge in [0, 0.05) is 12.6 Å². The Morgan fingerprint density at radius 2 is 1.91 bits per heavy atom. The van der Waals surface area contributed by atoms with Crippen LogP contribution in [0.2, 0.25) is 0 Å². The van der Waals surface area contributed by atoms with Gasteiger partial charge in [-0.3, -0.25) is 5.32 Å². The summed E-state index contributed by atoms with van der Waals surface area (Å²) in [6, 6.07) is 0.732. The quantitative estimate of drug-likeness (QED) is 0.600. The summed E-state index contributed by atoms with van der Waals surface area (Å²) in [6.45, 7) is 1.98.